The maximum absolute atomic E-state index is 9.33. The van der Waals surface area contributed by atoms with Gasteiger partial charge in [-0.2, -0.15) is 0 Å². The molecule has 5 heteroatoms. The Hall–Kier alpha value is -0.970. The van der Waals surface area contributed by atoms with Crippen LogP contribution in [0.3, 0.4) is 0 Å². The maximum Gasteiger partial charge on any atom is 0.119 e. The lowest BCUT2D eigenvalue weighted by atomic mass is 10.1. The fourth-order valence-corrected chi connectivity index (χ4v) is 1.08. The minimum atomic E-state index is -0.410. The molecule has 1 aromatic carbocycles. The molecular formula is C9H14ClNO3. The van der Waals surface area contributed by atoms with Crippen molar-refractivity contribution in [2.45, 2.75) is 12.5 Å². The highest BCUT2D eigenvalue weighted by molar-refractivity contribution is 5.85. The summed E-state index contributed by atoms with van der Waals surface area (Å²) in [6.45, 7) is -0.144. The smallest absolute Gasteiger partial charge is 0.119 e. The van der Waals surface area contributed by atoms with Crippen LogP contribution < -0.4 is 5.73 Å². The molecule has 0 fully saturated rings. The second-order valence-corrected chi connectivity index (χ2v) is 2.96. The Morgan fingerprint density at radius 1 is 1.29 bits per heavy atom. The topological polar surface area (TPSA) is 86.7 Å². The molecule has 0 aliphatic rings. The zero-order chi connectivity index (χ0) is 9.84. The number of hydrogen-bond donors (Lipinski definition) is 4. The number of hydrogen-bond acceptors (Lipinski definition) is 4. The number of phenols is 2. The van der Waals surface area contributed by atoms with Crippen molar-refractivity contribution < 1.29 is 15.3 Å². The summed E-state index contributed by atoms with van der Waals surface area (Å²) in [5.74, 6) is 0.166. The van der Waals surface area contributed by atoms with Crippen LogP contribution in [0.1, 0.15) is 5.56 Å². The van der Waals surface area contributed by atoms with Crippen LogP contribution in [0.2, 0.25) is 0 Å². The van der Waals surface area contributed by atoms with E-state index in [-0.39, 0.29) is 30.5 Å². The molecule has 1 rings (SSSR count). The van der Waals surface area contributed by atoms with Crippen molar-refractivity contribution in [1.29, 1.82) is 0 Å². The minimum Gasteiger partial charge on any atom is -0.508 e. The van der Waals surface area contributed by atoms with Gasteiger partial charge in [0.25, 0.3) is 0 Å². The third-order valence-electron chi connectivity index (χ3n) is 1.78. The summed E-state index contributed by atoms with van der Waals surface area (Å²) in [6, 6.07) is 3.82. The number of halogens is 1. The highest BCUT2D eigenvalue weighted by Crippen LogP contribution is 2.22. The van der Waals surface area contributed by atoms with Crippen molar-refractivity contribution in [2.24, 2.45) is 5.73 Å². The lowest BCUT2D eigenvalue weighted by molar-refractivity contribution is 0.264. The predicted octanol–water partition coefficient (Wildman–Crippen LogP) is 0.382. The standard InChI is InChI=1S/C9H13NO3.ClH/c10-7(5-11)3-6-4-8(12)1-2-9(6)13;/h1-2,4,7,11-13H,3,5,10H2;1H. The Labute approximate surface area is 88.4 Å². The number of aliphatic hydroxyl groups is 1. The molecule has 0 aromatic heterocycles. The monoisotopic (exact) mass is 219 g/mol. The molecule has 14 heavy (non-hydrogen) atoms. The van der Waals surface area contributed by atoms with Gasteiger partial charge in [0.05, 0.1) is 6.61 Å². The number of aliphatic hydroxyl groups excluding tert-OH is 1. The fourth-order valence-electron chi connectivity index (χ4n) is 1.08. The molecule has 0 amide bonds. The van der Waals surface area contributed by atoms with Crippen LogP contribution in [0.5, 0.6) is 11.5 Å². The summed E-state index contributed by atoms with van der Waals surface area (Å²) in [6.07, 6.45) is 0.344. The van der Waals surface area contributed by atoms with Gasteiger partial charge in [0.15, 0.2) is 0 Å². The zero-order valence-electron chi connectivity index (χ0n) is 7.55. The predicted molar refractivity (Wildman–Crippen MR) is 55.8 cm³/mol. The summed E-state index contributed by atoms with van der Waals surface area (Å²) in [4.78, 5) is 0. The second-order valence-electron chi connectivity index (χ2n) is 2.96. The van der Waals surface area contributed by atoms with E-state index in [1.807, 2.05) is 0 Å². The van der Waals surface area contributed by atoms with Gasteiger partial charge in [-0.15, -0.1) is 12.4 Å². The summed E-state index contributed by atoms with van der Waals surface area (Å²) in [5.41, 5.74) is 6.02. The van der Waals surface area contributed by atoms with Crippen LogP contribution in [0, 0.1) is 0 Å². The van der Waals surface area contributed by atoms with Gasteiger partial charge in [-0.3, -0.25) is 0 Å². The highest BCUT2D eigenvalue weighted by Gasteiger charge is 2.07. The first-order valence-electron chi connectivity index (χ1n) is 4.00. The summed E-state index contributed by atoms with van der Waals surface area (Å²) < 4.78 is 0. The molecule has 0 saturated heterocycles. The molecule has 0 aliphatic carbocycles. The average Bonchev–Trinajstić information content (AvgIpc) is 2.11. The van der Waals surface area contributed by atoms with Crippen molar-refractivity contribution in [1.82, 2.24) is 0 Å². The van der Waals surface area contributed by atoms with E-state index in [4.69, 9.17) is 15.9 Å². The van der Waals surface area contributed by atoms with E-state index >= 15 is 0 Å². The molecule has 5 N–H and O–H groups in total. The van der Waals surface area contributed by atoms with Crippen LogP contribution in [0.4, 0.5) is 0 Å². The van der Waals surface area contributed by atoms with Gasteiger partial charge in [0.1, 0.15) is 11.5 Å². The van der Waals surface area contributed by atoms with Gasteiger partial charge >= 0.3 is 0 Å². The molecule has 0 bridgehead atoms. The lowest BCUT2D eigenvalue weighted by Gasteiger charge is -2.09. The van der Waals surface area contributed by atoms with Crippen molar-refractivity contribution in [3.05, 3.63) is 23.8 Å². The molecule has 0 saturated carbocycles. The van der Waals surface area contributed by atoms with Crippen LogP contribution in [-0.2, 0) is 6.42 Å². The quantitative estimate of drug-likeness (QED) is 0.554. The number of phenolic OH excluding ortho intramolecular Hbond substituents is 2. The maximum atomic E-state index is 9.33. The lowest BCUT2D eigenvalue weighted by Crippen LogP contribution is -2.26. The second kappa shape index (κ2) is 5.70. The largest absolute Gasteiger partial charge is 0.508 e. The first-order valence-corrected chi connectivity index (χ1v) is 4.00. The van der Waals surface area contributed by atoms with Crippen LogP contribution >= 0.6 is 12.4 Å². The molecule has 80 valence electrons. The molecular weight excluding hydrogens is 206 g/mol. The van der Waals surface area contributed by atoms with E-state index in [1.54, 1.807) is 0 Å². The first kappa shape index (κ1) is 13.0. The van der Waals surface area contributed by atoms with Crippen molar-refractivity contribution in [2.75, 3.05) is 6.61 Å². The molecule has 0 heterocycles. The third kappa shape index (κ3) is 3.41. The van der Waals surface area contributed by atoms with Gasteiger partial charge in [-0.25, -0.2) is 0 Å². The molecule has 1 aromatic rings. The number of aromatic hydroxyl groups is 2. The van der Waals surface area contributed by atoms with Gasteiger partial charge < -0.3 is 21.1 Å². The molecule has 1 atom stereocenters. The van der Waals surface area contributed by atoms with E-state index in [2.05, 4.69) is 0 Å². The van der Waals surface area contributed by atoms with Gasteiger partial charge in [0, 0.05) is 6.04 Å². The van der Waals surface area contributed by atoms with E-state index in [0.717, 1.165) is 0 Å². The van der Waals surface area contributed by atoms with Gasteiger partial charge in [-0.1, -0.05) is 0 Å². The first-order chi connectivity index (χ1) is 6.13. The van der Waals surface area contributed by atoms with Gasteiger partial charge in [0.2, 0.25) is 0 Å². The van der Waals surface area contributed by atoms with Crippen molar-refractivity contribution in [3.63, 3.8) is 0 Å². The van der Waals surface area contributed by atoms with Gasteiger partial charge in [-0.05, 0) is 30.2 Å². The summed E-state index contributed by atoms with van der Waals surface area (Å²) in [7, 11) is 0. The highest BCUT2D eigenvalue weighted by atomic mass is 35.5. The molecule has 0 radical (unpaired) electrons. The number of nitrogens with two attached hydrogens (primary N) is 1. The van der Waals surface area contributed by atoms with Crippen molar-refractivity contribution >= 4 is 12.4 Å². The van der Waals surface area contributed by atoms with Crippen LogP contribution in [0.15, 0.2) is 18.2 Å². The van der Waals surface area contributed by atoms with Crippen molar-refractivity contribution in [3.8, 4) is 11.5 Å². The number of benzene rings is 1. The Kier molecular flexibility index (Phi) is 5.30. The van der Waals surface area contributed by atoms with E-state index in [9.17, 15) is 5.11 Å². The Bertz CT molecular complexity index is 293. The third-order valence-corrected chi connectivity index (χ3v) is 1.78. The van der Waals surface area contributed by atoms with Crippen LogP contribution in [0.25, 0.3) is 0 Å². The van der Waals surface area contributed by atoms with E-state index in [1.165, 1.54) is 18.2 Å². The summed E-state index contributed by atoms with van der Waals surface area (Å²) >= 11 is 0. The van der Waals surface area contributed by atoms with E-state index in [0.29, 0.717) is 12.0 Å². The Morgan fingerprint density at radius 3 is 2.50 bits per heavy atom. The van der Waals surface area contributed by atoms with Crippen LogP contribution in [-0.4, -0.2) is 28.0 Å². The molecule has 0 aliphatic heterocycles. The average molecular weight is 220 g/mol. The normalized spacial score (nSPS) is 11.9. The summed E-state index contributed by atoms with van der Waals surface area (Å²) in [5, 5.41) is 27.1. The molecule has 0 spiro atoms. The Balaban J connectivity index is 0.00000169. The SMILES string of the molecule is Cl.NC(CO)Cc1cc(O)ccc1O. The number of rotatable bonds is 3. The molecule has 4 nitrogen and oxygen atoms in total. The van der Waals surface area contributed by atoms with E-state index < -0.39 is 6.04 Å². The molecule has 1 unspecified atom stereocenters. The zero-order valence-corrected chi connectivity index (χ0v) is 8.37. The Morgan fingerprint density at radius 2 is 1.93 bits per heavy atom. The fraction of sp³-hybridized carbons (Fsp3) is 0.333. The minimum absolute atomic E-state index is 0.